The zero-order valence-corrected chi connectivity index (χ0v) is 9.20. The fourth-order valence-corrected chi connectivity index (χ4v) is 1.93. The van der Waals surface area contributed by atoms with Gasteiger partial charge in [-0.3, -0.25) is 0 Å². The molecule has 2 N–H and O–H groups in total. The molecule has 0 spiro atoms. The molecule has 0 amide bonds. The second-order valence-electron chi connectivity index (χ2n) is 2.62. The zero-order chi connectivity index (χ0) is 10.1. The molecule has 72 valence electrons. The molecule has 0 fully saturated rings. The Kier molecular flexibility index (Phi) is 2.58. The number of aromatic nitrogens is 2. The molecule has 0 aliphatic carbocycles. The summed E-state index contributed by atoms with van der Waals surface area (Å²) < 4.78 is 7.92. The minimum absolute atomic E-state index is 0.374. The molecule has 0 saturated heterocycles. The maximum absolute atomic E-state index is 5.98. The van der Waals surface area contributed by atoms with Crippen molar-refractivity contribution in [3.8, 4) is 11.3 Å². The van der Waals surface area contributed by atoms with E-state index in [2.05, 4.69) is 8.75 Å². The highest BCUT2D eigenvalue weighted by Crippen LogP contribution is 2.32. The molecule has 0 unspecified atom stereocenters. The highest BCUT2D eigenvalue weighted by atomic mass is 35.5. The van der Waals surface area contributed by atoms with E-state index in [1.165, 1.54) is 0 Å². The molecule has 1 aromatic carbocycles. The SMILES string of the molecule is Nc1nsnc1-c1cc(Cl)ccc1Cl. The Morgan fingerprint density at radius 3 is 2.64 bits per heavy atom. The summed E-state index contributed by atoms with van der Waals surface area (Å²) in [6.45, 7) is 0. The van der Waals surface area contributed by atoms with Crippen LogP contribution < -0.4 is 5.73 Å². The Labute approximate surface area is 94.8 Å². The number of anilines is 1. The Balaban J connectivity index is 2.62. The molecular formula is C8H5Cl2N3S. The van der Waals surface area contributed by atoms with E-state index in [-0.39, 0.29) is 0 Å². The van der Waals surface area contributed by atoms with E-state index >= 15 is 0 Å². The van der Waals surface area contributed by atoms with Crippen LogP contribution in [0.25, 0.3) is 11.3 Å². The summed E-state index contributed by atoms with van der Waals surface area (Å²) in [6.07, 6.45) is 0. The van der Waals surface area contributed by atoms with Crippen molar-refractivity contribution in [3.63, 3.8) is 0 Å². The van der Waals surface area contributed by atoms with Gasteiger partial charge in [0.05, 0.1) is 16.8 Å². The molecular weight excluding hydrogens is 241 g/mol. The fourth-order valence-electron chi connectivity index (χ4n) is 1.06. The summed E-state index contributed by atoms with van der Waals surface area (Å²) in [5, 5.41) is 1.16. The second kappa shape index (κ2) is 3.73. The summed E-state index contributed by atoms with van der Waals surface area (Å²) in [5.41, 5.74) is 6.93. The topological polar surface area (TPSA) is 51.8 Å². The molecule has 2 aromatic rings. The molecule has 0 aliphatic heterocycles. The lowest BCUT2D eigenvalue weighted by Crippen LogP contribution is -1.89. The number of nitrogen functional groups attached to an aromatic ring is 1. The second-order valence-corrected chi connectivity index (χ2v) is 3.99. The number of benzene rings is 1. The lowest BCUT2D eigenvalue weighted by Gasteiger charge is -2.01. The summed E-state index contributed by atoms with van der Waals surface area (Å²) in [6, 6.07) is 5.14. The minimum Gasteiger partial charge on any atom is -0.381 e. The number of hydrogen-bond acceptors (Lipinski definition) is 4. The Morgan fingerprint density at radius 1 is 1.21 bits per heavy atom. The van der Waals surface area contributed by atoms with Crippen LogP contribution in [-0.2, 0) is 0 Å². The lowest BCUT2D eigenvalue weighted by molar-refractivity contribution is 1.49. The summed E-state index contributed by atoms with van der Waals surface area (Å²) in [4.78, 5) is 0. The summed E-state index contributed by atoms with van der Waals surface area (Å²) in [5.74, 6) is 0.374. The van der Waals surface area contributed by atoms with Crippen LogP contribution in [0.5, 0.6) is 0 Å². The standard InChI is InChI=1S/C8H5Cl2N3S/c9-4-1-2-6(10)5(3-4)7-8(11)13-14-12-7/h1-3H,(H2,11,13). The number of hydrogen-bond donors (Lipinski definition) is 1. The number of rotatable bonds is 1. The maximum atomic E-state index is 5.98. The Bertz CT molecular complexity index is 469. The number of nitrogens with zero attached hydrogens (tertiary/aromatic N) is 2. The zero-order valence-electron chi connectivity index (χ0n) is 6.87. The highest BCUT2D eigenvalue weighted by Gasteiger charge is 2.11. The monoisotopic (exact) mass is 245 g/mol. The van der Waals surface area contributed by atoms with Gasteiger partial charge in [-0.2, -0.15) is 8.75 Å². The van der Waals surface area contributed by atoms with Crippen LogP contribution in [0.2, 0.25) is 10.0 Å². The third-order valence-electron chi connectivity index (χ3n) is 1.70. The highest BCUT2D eigenvalue weighted by molar-refractivity contribution is 6.99. The predicted octanol–water partition coefficient (Wildman–Crippen LogP) is 3.09. The van der Waals surface area contributed by atoms with Gasteiger partial charge in [-0.05, 0) is 18.2 Å². The molecule has 14 heavy (non-hydrogen) atoms. The van der Waals surface area contributed by atoms with Crippen molar-refractivity contribution in [1.82, 2.24) is 8.75 Å². The number of nitrogens with two attached hydrogens (primary N) is 1. The average molecular weight is 246 g/mol. The van der Waals surface area contributed by atoms with Gasteiger partial charge >= 0.3 is 0 Å². The van der Waals surface area contributed by atoms with Gasteiger partial charge in [-0.1, -0.05) is 23.2 Å². The minimum atomic E-state index is 0.374. The largest absolute Gasteiger partial charge is 0.381 e. The van der Waals surface area contributed by atoms with Crippen LogP contribution >= 0.6 is 34.9 Å². The fraction of sp³-hybridized carbons (Fsp3) is 0. The van der Waals surface area contributed by atoms with E-state index in [1.54, 1.807) is 18.2 Å². The maximum Gasteiger partial charge on any atom is 0.165 e. The van der Waals surface area contributed by atoms with Gasteiger partial charge in [0.15, 0.2) is 5.82 Å². The van der Waals surface area contributed by atoms with Crippen LogP contribution in [0.4, 0.5) is 5.82 Å². The van der Waals surface area contributed by atoms with E-state index in [1.807, 2.05) is 0 Å². The molecule has 0 atom stereocenters. The predicted molar refractivity (Wildman–Crippen MR) is 59.8 cm³/mol. The molecule has 0 aliphatic rings. The van der Waals surface area contributed by atoms with Crippen LogP contribution in [-0.4, -0.2) is 8.75 Å². The summed E-state index contributed by atoms with van der Waals surface area (Å²) in [7, 11) is 0. The first-order valence-electron chi connectivity index (χ1n) is 3.72. The van der Waals surface area contributed by atoms with Crippen molar-refractivity contribution in [3.05, 3.63) is 28.2 Å². The Hall–Kier alpha value is -0.840. The van der Waals surface area contributed by atoms with Gasteiger partial charge in [0, 0.05) is 10.6 Å². The normalized spacial score (nSPS) is 10.4. The van der Waals surface area contributed by atoms with Crippen LogP contribution in [0.15, 0.2) is 18.2 Å². The Morgan fingerprint density at radius 2 is 2.00 bits per heavy atom. The first-order valence-corrected chi connectivity index (χ1v) is 5.20. The average Bonchev–Trinajstić information content (AvgIpc) is 2.56. The first-order chi connectivity index (χ1) is 6.68. The van der Waals surface area contributed by atoms with Gasteiger partial charge < -0.3 is 5.73 Å². The van der Waals surface area contributed by atoms with E-state index in [0.29, 0.717) is 27.1 Å². The van der Waals surface area contributed by atoms with Crippen LogP contribution in [0.3, 0.4) is 0 Å². The van der Waals surface area contributed by atoms with Crippen LogP contribution in [0.1, 0.15) is 0 Å². The van der Waals surface area contributed by atoms with Crippen molar-refractivity contribution < 1.29 is 0 Å². The van der Waals surface area contributed by atoms with E-state index in [9.17, 15) is 0 Å². The summed E-state index contributed by atoms with van der Waals surface area (Å²) >= 11 is 12.9. The quantitative estimate of drug-likeness (QED) is 0.841. The molecule has 0 saturated carbocycles. The van der Waals surface area contributed by atoms with E-state index < -0.39 is 0 Å². The molecule has 1 heterocycles. The molecule has 1 aromatic heterocycles. The smallest absolute Gasteiger partial charge is 0.165 e. The molecule has 6 heteroatoms. The van der Waals surface area contributed by atoms with Gasteiger partial charge in [-0.25, -0.2) is 0 Å². The van der Waals surface area contributed by atoms with E-state index in [4.69, 9.17) is 28.9 Å². The molecule has 3 nitrogen and oxygen atoms in total. The van der Waals surface area contributed by atoms with Crippen molar-refractivity contribution in [2.24, 2.45) is 0 Å². The van der Waals surface area contributed by atoms with Crippen LogP contribution in [0, 0.1) is 0 Å². The van der Waals surface area contributed by atoms with Crippen molar-refractivity contribution >= 4 is 40.7 Å². The van der Waals surface area contributed by atoms with Crippen molar-refractivity contribution in [2.75, 3.05) is 5.73 Å². The third kappa shape index (κ3) is 1.68. The van der Waals surface area contributed by atoms with Gasteiger partial charge in [0.25, 0.3) is 0 Å². The molecule has 0 bridgehead atoms. The molecule has 0 radical (unpaired) electrons. The first kappa shape index (κ1) is 9.71. The number of halogens is 2. The molecule has 2 rings (SSSR count). The lowest BCUT2D eigenvalue weighted by atomic mass is 10.1. The van der Waals surface area contributed by atoms with Crippen molar-refractivity contribution in [2.45, 2.75) is 0 Å². The van der Waals surface area contributed by atoms with Gasteiger partial charge in [0.2, 0.25) is 0 Å². The van der Waals surface area contributed by atoms with Crippen molar-refractivity contribution in [1.29, 1.82) is 0 Å². The van der Waals surface area contributed by atoms with E-state index in [0.717, 1.165) is 11.7 Å². The van der Waals surface area contributed by atoms with Gasteiger partial charge in [0.1, 0.15) is 5.69 Å². The van der Waals surface area contributed by atoms with Gasteiger partial charge in [-0.15, -0.1) is 0 Å². The third-order valence-corrected chi connectivity index (χ3v) is 2.80.